The highest BCUT2D eigenvalue weighted by atomic mass is 16.8. The summed E-state index contributed by atoms with van der Waals surface area (Å²) in [5, 5.41) is 20.7. The molecule has 0 amide bonds. The molecule has 0 fully saturated rings. The minimum atomic E-state index is -0.349. The summed E-state index contributed by atoms with van der Waals surface area (Å²) in [4.78, 5) is 21.8. The highest BCUT2D eigenvalue weighted by Gasteiger charge is 2.11. The van der Waals surface area contributed by atoms with Gasteiger partial charge in [0.05, 0.1) is 17.9 Å². The van der Waals surface area contributed by atoms with E-state index in [9.17, 15) is 20.0 Å². The summed E-state index contributed by atoms with van der Waals surface area (Å²) in [5.74, 6) is -0.677. The summed E-state index contributed by atoms with van der Waals surface area (Å²) in [6.45, 7) is 6.29. The number of esters is 2. The van der Waals surface area contributed by atoms with Crippen LogP contribution in [0.15, 0.2) is 18.2 Å². The van der Waals surface area contributed by atoms with Crippen LogP contribution in [0, 0.1) is 5.21 Å². The van der Waals surface area contributed by atoms with Gasteiger partial charge in [0.25, 0.3) is 0 Å². The van der Waals surface area contributed by atoms with Crippen LogP contribution in [0.2, 0.25) is 0 Å². The Hall–Kier alpha value is -2.12. The molecule has 0 saturated heterocycles. The molecular weight excluding hydrogens is 326 g/mol. The standard InChI is InChI=1S/C18H26NO6/c1-12(24-14(3)20)5-7-16-8-10-17(18(11-16)19(22)23)9-6-13(2)25-15(4)21/h8,10-13,22H,5-7,9H2,1-4H3/q-1/t12-,13+/m1/s1. The first-order valence-electron chi connectivity index (χ1n) is 8.31. The number of nitrogens with zero attached hydrogens (tertiary/aromatic N) is 1. The Morgan fingerprint density at radius 3 is 2.08 bits per heavy atom. The number of ether oxygens (including phenoxy) is 2. The molecule has 0 aromatic heterocycles. The fourth-order valence-electron chi connectivity index (χ4n) is 2.57. The van der Waals surface area contributed by atoms with Gasteiger partial charge in [-0.2, -0.15) is 0 Å². The molecule has 1 rings (SSSR count). The molecule has 0 radical (unpaired) electrons. The van der Waals surface area contributed by atoms with Crippen molar-refractivity contribution in [2.45, 2.75) is 65.6 Å². The van der Waals surface area contributed by atoms with Crippen molar-refractivity contribution in [1.82, 2.24) is 0 Å². The van der Waals surface area contributed by atoms with Gasteiger partial charge in [-0.05, 0) is 56.7 Å². The molecular formula is C18H26NO6-. The van der Waals surface area contributed by atoms with Gasteiger partial charge in [-0.25, -0.2) is 0 Å². The Morgan fingerprint density at radius 2 is 1.60 bits per heavy atom. The van der Waals surface area contributed by atoms with Crippen LogP contribution in [-0.4, -0.2) is 29.4 Å². The molecule has 25 heavy (non-hydrogen) atoms. The second kappa shape index (κ2) is 10.0. The molecule has 7 heteroatoms. The lowest BCUT2D eigenvalue weighted by molar-refractivity contribution is -0.146. The quantitative estimate of drug-likeness (QED) is 0.538. The van der Waals surface area contributed by atoms with E-state index in [1.165, 1.54) is 13.8 Å². The van der Waals surface area contributed by atoms with Crippen LogP contribution in [0.4, 0.5) is 5.69 Å². The molecule has 140 valence electrons. The molecule has 0 aliphatic rings. The zero-order chi connectivity index (χ0) is 19.0. The largest absolute Gasteiger partial charge is 0.733 e. The average molecular weight is 352 g/mol. The Labute approximate surface area is 148 Å². The lowest BCUT2D eigenvalue weighted by Crippen LogP contribution is -2.15. The number of aryl methyl sites for hydroxylation is 2. The van der Waals surface area contributed by atoms with Crippen molar-refractivity contribution in [2.75, 3.05) is 5.23 Å². The maximum Gasteiger partial charge on any atom is 0.302 e. The first-order chi connectivity index (χ1) is 11.7. The first-order valence-corrected chi connectivity index (χ1v) is 8.31. The minimum Gasteiger partial charge on any atom is -0.733 e. The number of hydrogen-bond acceptors (Lipinski definition) is 7. The van der Waals surface area contributed by atoms with E-state index in [-0.39, 0.29) is 35.1 Å². The topological polar surface area (TPSA) is 99.1 Å². The lowest BCUT2D eigenvalue weighted by atomic mass is 10.00. The van der Waals surface area contributed by atoms with E-state index in [1.54, 1.807) is 26.0 Å². The maximum atomic E-state index is 11.4. The molecule has 0 spiro atoms. The Morgan fingerprint density at radius 1 is 1.08 bits per heavy atom. The third kappa shape index (κ3) is 8.00. The van der Waals surface area contributed by atoms with Crippen LogP contribution in [-0.2, 0) is 31.9 Å². The zero-order valence-electron chi connectivity index (χ0n) is 15.2. The summed E-state index contributed by atoms with van der Waals surface area (Å²) in [7, 11) is 0. The van der Waals surface area contributed by atoms with Gasteiger partial charge in [-0.15, -0.1) is 0 Å². The van der Waals surface area contributed by atoms with Crippen molar-refractivity contribution in [3.05, 3.63) is 34.5 Å². The van der Waals surface area contributed by atoms with Crippen molar-refractivity contribution in [2.24, 2.45) is 0 Å². The van der Waals surface area contributed by atoms with Crippen LogP contribution in [0.25, 0.3) is 0 Å². The summed E-state index contributed by atoms with van der Waals surface area (Å²) in [5.41, 5.74) is 1.71. The van der Waals surface area contributed by atoms with Crippen LogP contribution in [0.5, 0.6) is 0 Å². The van der Waals surface area contributed by atoms with Crippen molar-refractivity contribution in [3.63, 3.8) is 0 Å². The average Bonchev–Trinajstić information content (AvgIpc) is 2.49. The first kappa shape index (κ1) is 20.9. The van der Waals surface area contributed by atoms with Crippen LogP contribution in [0.1, 0.15) is 51.7 Å². The molecule has 1 N–H and O–H groups in total. The minimum absolute atomic E-state index is 0.148. The third-order valence-electron chi connectivity index (χ3n) is 3.75. The Kier molecular flexibility index (Phi) is 8.37. The molecule has 7 nitrogen and oxygen atoms in total. The number of anilines is 1. The summed E-state index contributed by atoms with van der Waals surface area (Å²) in [6.07, 6.45) is 1.78. The molecule has 0 unspecified atom stereocenters. The molecule has 1 aromatic rings. The van der Waals surface area contributed by atoms with E-state index in [1.807, 2.05) is 6.07 Å². The van der Waals surface area contributed by atoms with Crippen molar-refractivity contribution in [1.29, 1.82) is 0 Å². The van der Waals surface area contributed by atoms with Gasteiger partial charge in [0.2, 0.25) is 0 Å². The fraction of sp³-hybridized carbons (Fsp3) is 0.556. The highest BCUT2D eigenvalue weighted by Crippen LogP contribution is 2.24. The molecule has 1 aromatic carbocycles. The smallest absolute Gasteiger partial charge is 0.302 e. The lowest BCUT2D eigenvalue weighted by Gasteiger charge is -2.26. The van der Waals surface area contributed by atoms with E-state index >= 15 is 0 Å². The second-order valence-electron chi connectivity index (χ2n) is 6.15. The monoisotopic (exact) mass is 352 g/mol. The molecule has 0 aliphatic carbocycles. The Bertz CT molecular complexity index is 587. The zero-order valence-corrected chi connectivity index (χ0v) is 15.2. The molecule has 0 bridgehead atoms. The number of hydrogen-bond donors (Lipinski definition) is 1. The van der Waals surface area contributed by atoms with Crippen molar-refractivity contribution < 1.29 is 24.3 Å². The van der Waals surface area contributed by atoms with Gasteiger partial charge >= 0.3 is 11.9 Å². The van der Waals surface area contributed by atoms with E-state index in [4.69, 9.17) is 9.47 Å². The number of rotatable bonds is 9. The van der Waals surface area contributed by atoms with Crippen LogP contribution >= 0.6 is 0 Å². The van der Waals surface area contributed by atoms with Crippen molar-refractivity contribution >= 4 is 17.6 Å². The number of carbonyl (C=O) groups excluding carboxylic acids is 2. The maximum absolute atomic E-state index is 11.4. The van der Waals surface area contributed by atoms with Gasteiger partial charge in [-0.3, -0.25) is 14.8 Å². The highest BCUT2D eigenvalue weighted by molar-refractivity contribution is 5.66. The van der Waals surface area contributed by atoms with Gasteiger partial charge < -0.3 is 19.9 Å². The fourth-order valence-corrected chi connectivity index (χ4v) is 2.57. The van der Waals surface area contributed by atoms with E-state index in [0.29, 0.717) is 31.2 Å². The molecule has 2 atom stereocenters. The van der Waals surface area contributed by atoms with E-state index in [2.05, 4.69) is 0 Å². The van der Waals surface area contributed by atoms with Crippen molar-refractivity contribution in [3.8, 4) is 0 Å². The predicted octanol–water partition coefficient (Wildman–Crippen LogP) is 3.15. The summed E-state index contributed by atoms with van der Waals surface area (Å²) >= 11 is 0. The van der Waals surface area contributed by atoms with E-state index in [0.717, 1.165) is 5.56 Å². The van der Waals surface area contributed by atoms with Gasteiger partial charge in [0, 0.05) is 13.8 Å². The second-order valence-corrected chi connectivity index (χ2v) is 6.15. The number of benzene rings is 1. The van der Waals surface area contributed by atoms with Gasteiger partial charge in [0.1, 0.15) is 0 Å². The van der Waals surface area contributed by atoms with Crippen LogP contribution < -0.4 is 5.23 Å². The SMILES string of the molecule is CC(=O)O[C@H](C)CCc1ccc(CC[C@H](C)OC(C)=O)c(N([O-])O)c1. The Balaban J connectivity index is 2.72. The molecule has 0 heterocycles. The number of carbonyl (C=O) groups is 2. The van der Waals surface area contributed by atoms with Gasteiger partial charge in [0.15, 0.2) is 0 Å². The normalized spacial score (nSPS) is 13.0. The van der Waals surface area contributed by atoms with Gasteiger partial charge in [-0.1, -0.05) is 12.1 Å². The summed E-state index contributed by atoms with van der Waals surface area (Å²) in [6, 6.07) is 5.28. The molecule has 0 aliphatic heterocycles. The summed E-state index contributed by atoms with van der Waals surface area (Å²) < 4.78 is 10.1. The van der Waals surface area contributed by atoms with E-state index < -0.39 is 0 Å². The van der Waals surface area contributed by atoms with Crippen LogP contribution in [0.3, 0.4) is 0 Å². The molecule has 0 saturated carbocycles. The predicted molar refractivity (Wildman–Crippen MR) is 93.2 cm³/mol. The third-order valence-corrected chi connectivity index (χ3v) is 3.75.